The highest BCUT2D eigenvalue weighted by Crippen LogP contribution is 2.21. The largest absolute Gasteiger partial charge is 0.327 e. The van der Waals surface area contributed by atoms with Crippen molar-refractivity contribution in [3.05, 3.63) is 30.1 Å². The normalized spacial score (nSPS) is 14.9. The third-order valence-corrected chi connectivity index (χ3v) is 3.75. The predicted molar refractivity (Wildman–Crippen MR) is 85.9 cm³/mol. The standard InChI is InChI=1S/C17H27N3/c1-6-20-16-10-8-7-9-15(16)19-17(20)14(5)18-13(4)11-12(2)3/h7-10,12-14,18H,6,11H2,1-5H3/t13-,14+/m0/s1. The zero-order valence-corrected chi connectivity index (χ0v) is 13.4. The summed E-state index contributed by atoms with van der Waals surface area (Å²) < 4.78 is 2.31. The number of nitrogens with zero attached hydrogens (tertiary/aromatic N) is 2. The molecular formula is C17H27N3. The van der Waals surface area contributed by atoms with Gasteiger partial charge < -0.3 is 9.88 Å². The van der Waals surface area contributed by atoms with Gasteiger partial charge in [-0.1, -0.05) is 26.0 Å². The monoisotopic (exact) mass is 273 g/mol. The molecule has 1 aromatic carbocycles. The van der Waals surface area contributed by atoms with Gasteiger partial charge >= 0.3 is 0 Å². The van der Waals surface area contributed by atoms with Crippen LogP contribution in [0, 0.1) is 5.92 Å². The van der Waals surface area contributed by atoms with Crippen LogP contribution in [-0.2, 0) is 6.54 Å². The van der Waals surface area contributed by atoms with Gasteiger partial charge in [0, 0.05) is 12.6 Å². The number of aryl methyl sites for hydroxylation is 1. The molecule has 0 radical (unpaired) electrons. The van der Waals surface area contributed by atoms with Crippen molar-refractivity contribution in [2.24, 2.45) is 5.92 Å². The first kappa shape index (κ1) is 15.0. The lowest BCUT2D eigenvalue weighted by Crippen LogP contribution is -2.31. The number of aromatic nitrogens is 2. The van der Waals surface area contributed by atoms with Crippen LogP contribution in [-0.4, -0.2) is 15.6 Å². The predicted octanol–water partition coefficient (Wildman–Crippen LogP) is 4.14. The molecule has 1 heterocycles. The number of imidazole rings is 1. The number of rotatable bonds is 6. The number of hydrogen-bond acceptors (Lipinski definition) is 2. The number of benzene rings is 1. The van der Waals surface area contributed by atoms with Crippen LogP contribution in [0.4, 0.5) is 0 Å². The molecule has 0 saturated heterocycles. The Morgan fingerprint density at radius 1 is 1.15 bits per heavy atom. The number of para-hydroxylation sites is 2. The molecule has 3 nitrogen and oxygen atoms in total. The third kappa shape index (κ3) is 3.21. The van der Waals surface area contributed by atoms with Gasteiger partial charge in [0.05, 0.1) is 17.1 Å². The average Bonchev–Trinajstić information content (AvgIpc) is 2.76. The first-order valence-corrected chi connectivity index (χ1v) is 7.74. The highest BCUT2D eigenvalue weighted by molar-refractivity contribution is 5.76. The second-order valence-electron chi connectivity index (χ2n) is 6.12. The van der Waals surface area contributed by atoms with E-state index in [-0.39, 0.29) is 6.04 Å². The Hall–Kier alpha value is -1.35. The summed E-state index contributed by atoms with van der Waals surface area (Å²) >= 11 is 0. The van der Waals surface area contributed by atoms with Crippen LogP contribution in [0.5, 0.6) is 0 Å². The van der Waals surface area contributed by atoms with Gasteiger partial charge in [-0.15, -0.1) is 0 Å². The first-order chi connectivity index (χ1) is 9.52. The molecule has 0 saturated carbocycles. The summed E-state index contributed by atoms with van der Waals surface area (Å²) in [6.45, 7) is 12.1. The molecule has 2 aromatic rings. The fourth-order valence-electron chi connectivity index (χ4n) is 3.03. The first-order valence-electron chi connectivity index (χ1n) is 7.74. The van der Waals surface area contributed by atoms with Crippen molar-refractivity contribution >= 4 is 11.0 Å². The third-order valence-electron chi connectivity index (χ3n) is 3.75. The van der Waals surface area contributed by atoms with E-state index in [0.717, 1.165) is 23.8 Å². The maximum Gasteiger partial charge on any atom is 0.126 e. The zero-order chi connectivity index (χ0) is 14.7. The van der Waals surface area contributed by atoms with Crippen LogP contribution in [0.1, 0.15) is 52.9 Å². The second-order valence-corrected chi connectivity index (χ2v) is 6.12. The summed E-state index contributed by atoms with van der Waals surface area (Å²) in [5.74, 6) is 1.86. The highest BCUT2D eigenvalue weighted by Gasteiger charge is 2.17. The van der Waals surface area contributed by atoms with Crippen LogP contribution in [0.15, 0.2) is 24.3 Å². The maximum absolute atomic E-state index is 4.82. The SMILES string of the molecule is CCn1c([C@@H](C)N[C@@H](C)CC(C)C)nc2ccccc21. The van der Waals surface area contributed by atoms with E-state index >= 15 is 0 Å². The summed E-state index contributed by atoms with van der Waals surface area (Å²) in [4.78, 5) is 4.82. The number of fused-ring (bicyclic) bond motifs is 1. The van der Waals surface area contributed by atoms with Crippen LogP contribution in [0.25, 0.3) is 11.0 Å². The minimum absolute atomic E-state index is 0.274. The van der Waals surface area contributed by atoms with Gasteiger partial charge in [0.15, 0.2) is 0 Å². The Bertz CT molecular complexity index is 556. The minimum Gasteiger partial charge on any atom is -0.327 e. The summed E-state index contributed by atoms with van der Waals surface area (Å²) in [5, 5.41) is 3.68. The van der Waals surface area contributed by atoms with Gasteiger partial charge in [-0.2, -0.15) is 0 Å². The molecule has 0 aliphatic heterocycles. The fraction of sp³-hybridized carbons (Fsp3) is 0.588. The zero-order valence-electron chi connectivity index (χ0n) is 13.4. The average molecular weight is 273 g/mol. The Labute approximate surface area is 122 Å². The lowest BCUT2D eigenvalue weighted by molar-refractivity contribution is 0.393. The second kappa shape index (κ2) is 6.40. The van der Waals surface area contributed by atoms with E-state index < -0.39 is 0 Å². The summed E-state index contributed by atoms with van der Waals surface area (Å²) in [6, 6.07) is 9.17. The van der Waals surface area contributed by atoms with Crippen molar-refractivity contribution in [3.63, 3.8) is 0 Å². The lowest BCUT2D eigenvalue weighted by Gasteiger charge is -2.21. The molecule has 1 N–H and O–H groups in total. The van der Waals surface area contributed by atoms with E-state index in [0.29, 0.717) is 6.04 Å². The molecule has 0 amide bonds. The molecule has 2 atom stereocenters. The molecule has 3 heteroatoms. The van der Waals surface area contributed by atoms with Crippen molar-refractivity contribution < 1.29 is 0 Å². The molecule has 110 valence electrons. The number of nitrogens with one attached hydrogen (secondary N) is 1. The van der Waals surface area contributed by atoms with E-state index in [1.807, 2.05) is 0 Å². The van der Waals surface area contributed by atoms with Crippen molar-refractivity contribution in [3.8, 4) is 0 Å². The molecular weight excluding hydrogens is 246 g/mol. The van der Waals surface area contributed by atoms with Crippen LogP contribution in [0.3, 0.4) is 0 Å². The van der Waals surface area contributed by atoms with E-state index in [1.165, 1.54) is 11.9 Å². The highest BCUT2D eigenvalue weighted by atomic mass is 15.1. The molecule has 0 aliphatic carbocycles. The molecule has 1 aromatic heterocycles. The van der Waals surface area contributed by atoms with Gasteiger partial charge in [-0.05, 0) is 45.2 Å². The number of hydrogen-bond donors (Lipinski definition) is 1. The van der Waals surface area contributed by atoms with Crippen molar-refractivity contribution in [2.75, 3.05) is 0 Å². The van der Waals surface area contributed by atoms with Gasteiger partial charge in [-0.3, -0.25) is 0 Å². The maximum atomic E-state index is 4.82. The molecule has 0 bridgehead atoms. The summed E-state index contributed by atoms with van der Waals surface area (Å²) in [6.07, 6.45) is 1.19. The molecule has 0 fully saturated rings. The van der Waals surface area contributed by atoms with Gasteiger partial charge in [0.25, 0.3) is 0 Å². The topological polar surface area (TPSA) is 29.9 Å². The van der Waals surface area contributed by atoms with Crippen LogP contribution >= 0.6 is 0 Å². The van der Waals surface area contributed by atoms with Gasteiger partial charge in [-0.25, -0.2) is 4.98 Å². The Balaban J connectivity index is 2.23. The molecule has 0 aliphatic rings. The Morgan fingerprint density at radius 3 is 2.50 bits per heavy atom. The van der Waals surface area contributed by atoms with Crippen molar-refractivity contribution in [1.82, 2.24) is 14.9 Å². The molecule has 20 heavy (non-hydrogen) atoms. The summed E-state index contributed by atoms with van der Waals surface area (Å²) in [5.41, 5.74) is 2.32. The minimum atomic E-state index is 0.274. The van der Waals surface area contributed by atoms with Crippen molar-refractivity contribution in [1.29, 1.82) is 0 Å². The summed E-state index contributed by atoms with van der Waals surface area (Å²) in [7, 11) is 0. The Morgan fingerprint density at radius 2 is 1.85 bits per heavy atom. The molecule has 0 unspecified atom stereocenters. The quantitative estimate of drug-likeness (QED) is 0.857. The fourth-order valence-corrected chi connectivity index (χ4v) is 3.03. The van der Waals surface area contributed by atoms with Crippen molar-refractivity contribution in [2.45, 2.75) is 59.7 Å². The molecule has 0 spiro atoms. The van der Waals surface area contributed by atoms with E-state index in [2.05, 4.69) is 68.8 Å². The molecule has 2 rings (SSSR count). The van der Waals surface area contributed by atoms with Crippen LogP contribution < -0.4 is 5.32 Å². The Kier molecular flexibility index (Phi) is 4.81. The van der Waals surface area contributed by atoms with Gasteiger partial charge in [0.1, 0.15) is 5.82 Å². The van der Waals surface area contributed by atoms with E-state index in [4.69, 9.17) is 4.98 Å². The van der Waals surface area contributed by atoms with Gasteiger partial charge in [0.2, 0.25) is 0 Å². The van der Waals surface area contributed by atoms with E-state index in [9.17, 15) is 0 Å². The lowest BCUT2D eigenvalue weighted by atomic mass is 10.0. The van der Waals surface area contributed by atoms with E-state index in [1.54, 1.807) is 0 Å². The smallest absolute Gasteiger partial charge is 0.126 e. The van der Waals surface area contributed by atoms with Crippen LogP contribution in [0.2, 0.25) is 0 Å².